The van der Waals surface area contributed by atoms with E-state index in [2.05, 4.69) is 5.32 Å². The summed E-state index contributed by atoms with van der Waals surface area (Å²) in [6.07, 6.45) is 3.91. The molecule has 1 saturated heterocycles. The van der Waals surface area contributed by atoms with Crippen LogP contribution in [-0.4, -0.2) is 45.5 Å². The average molecular weight is 513 g/mol. The molecule has 1 heterocycles. The molecule has 0 bridgehead atoms. The topological polar surface area (TPSA) is 130 Å². The second kappa shape index (κ2) is 10.4. The molecule has 4 amide bonds. The minimum atomic E-state index is -1.03. The number of anilines is 2. The molecule has 1 unspecified atom stereocenters. The lowest BCUT2D eigenvalue weighted by Crippen LogP contribution is -2.51. The van der Waals surface area contributed by atoms with Crippen LogP contribution >= 0.6 is 11.6 Å². The summed E-state index contributed by atoms with van der Waals surface area (Å²) in [4.78, 5) is 64.7. The standard InChI is InChI=1S/C25H25ClN4O6/c1-15(31)27-17-8-10-19(11-9-17)29-23(32)14-22(25(29)34)28(18-5-3-2-4-6-18)24(33)16-7-12-20(26)21(13-16)30(35)36/h7-13,18,22H,2-6,14H2,1H3,(H,27,31). The van der Waals surface area contributed by atoms with E-state index in [1.807, 2.05) is 0 Å². The van der Waals surface area contributed by atoms with Crippen LogP contribution < -0.4 is 10.2 Å². The number of carbonyl (C=O) groups is 4. The molecule has 10 nitrogen and oxygen atoms in total. The SMILES string of the molecule is CC(=O)Nc1ccc(N2C(=O)CC(N(C(=O)c3ccc(Cl)c([N+](=O)[O-])c3)C3CCCCC3)C2=O)cc1. The van der Waals surface area contributed by atoms with Crippen molar-refractivity contribution < 1.29 is 24.1 Å². The molecule has 1 N–H and O–H groups in total. The number of carbonyl (C=O) groups excluding carboxylic acids is 4. The first-order valence-corrected chi connectivity index (χ1v) is 12.1. The maximum Gasteiger partial charge on any atom is 0.288 e. The second-order valence-electron chi connectivity index (χ2n) is 8.94. The molecule has 2 aliphatic rings. The Kier molecular flexibility index (Phi) is 7.35. The second-order valence-corrected chi connectivity index (χ2v) is 9.35. The minimum absolute atomic E-state index is 0.0371. The number of hydrogen-bond acceptors (Lipinski definition) is 6. The number of imide groups is 1. The monoisotopic (exact) mass is 512 g/mol. The van der Waals surface area contributed by atoms with Gasteiger partial charge in [0.25, 0.3) is 17.5 Å². The van der Waals surface area contributed by atoms with Crippen LogP contribution in [0.3, 0.4) is 0 Å². The van der Waals surface area contributed by atoms with Gasteiger partial charge in [0, 0.05) is 30.3 Å². The van der Waals surface area contributed by atoms with Crippen LogP contribution in [0.25, 0.3) is 0 Å². The number of benzene rings is 2. The summed E-state index contributed by atoms with van der Waals surface area (Å²) < 4.78 is 0. The molecule has 2 aromatic rings. The molecular formula is C25H25ClN4O6. The molecular weight excluding hydrogens is 488 g/mol. The van der Waals surface area contributed by atoms with Gasteiger partial charge in [0.05, 0.1) is 17.0 Å². The van der Waals surface area contributed by atoms with Gasteiger partial charge in [-0.25, -0.2) is 4.90 Å². The Balaban J connectivity index is 1.66. The van der Waals surface area contributed by atoms with Gasteiger partial charge in [0.15, 0.2) is 0 Å². The number of halogens is 1. The van der Waals surface area contributed by atoms with Gasteiger partial charge in [0.1, 0.15) is 11.1 Å². The highest BCUT2D eigenvalue weighted by Crippen LogP contribution is 2.34. The number of nitro benzene ring substituents is 1. The molecule has 0 radical (unpaired) electrons. The van der Waals surface area contributed by atoms with Crippen LogP contribution in [0.1, 0.15) is 55.8 Å². The zero-order valence-corrected chi connectivity index (χ0v) is 20.4. The van der Waals surface area contributed by atoms with Crippen LogP contribution in [0.15, 0.2) is 42.5 Å². The van der Waals surface area contributed by atoms with E-state index in [9.17, 15) is 29.3 Å². The molecule has 1 atom stereocenters. The first-order chi connectivity index (χ1) is 17.2. The highest BCUT2D eigenvalue weighted by atomic mass is 35.5. The van der Waals surface area contributed by atoms with E-state index >= 15 is 0 Å². The van der Waals surface area contributed by atoms with Crippen LogP contribution in [0, 0.1) is 10.1 Å². The van der Waals surface area contributed by atoms with Gasteiger partial charge in [-0.3, -0.25) is 29.3 Å². The molecule has 2 aromatic carbocycles. The summed E-state index contributed by atoms with van der Waals surface area (Å²) in [5.74, 6) is -1.78. The summed E-state index contributed by atoms with van der Waals surface area (Å²) in [6.45, 7) is 1.37. The van der Waals surface area contributed by atoms with Gasteiger partial charge >= 0.3 is 0 Å². The Morgan fingerprint density at radius 1 is 1.08 bits per heavy atom. The molecule has 11 heteroatoms. The highest BCUT2D eigenvalue weighted by molar-refractivity contribution is 6.32. The molecule has 2 fully saturated rings. The molecule has 1 aliphatic carbocycles. The fourth-order valence-corrected chi connectivity index (χ4v) is 5.04. The fourth-order valence-electron chi connectivity index (χ4n) is 4.86. The van der Waals surface area contributed by atoms with Gasteiger partial charge < -0.3 is 10.2 Å². The highest BCUT2D eigenvalue weighted by Gasteiger charge is 2.47. The maximum absolute atomic E-state index is 13.7. The minimum Gasteiger partial charge on any atom is -0.326 e. The van der Waals surface area contributed by atoms with Crippen molar-refractivity contribution in [1.82, 2.24) is 4.90 Å². The number of hydrogen-bond donors (Lipinski definition) is 1. The van der Waals surface area contributed by atoms with Crippen molar-refractivity contribution in [1.29, 1.82) is 0 Å². The smallest absolute Gasteiger partial charge is 0.288 e. The third kappa shape index (κ3) is 5.08. The molecule has 4 rings (SSSR count). The summed E-state index contributed by atoms with van der Waals surface area (Å²) in [5.41, 5.74) is 0.487. The van der Waals surface area contributed by atoms with E-state index in [4.69, 9.17) is 11.6 Å². The first-order valence-electron chi connectivity index (χ1n) is 11.7. The van der Waals surface area contributed by atoms with Crippen molar-refractivity contribution in [2.45, 2.75) is 57.5 Å². The average Bonchev–Trinajstić information content (AvgIpc) is 3.13. The van der Waals surface area contributed by atoms with Gasteiger partial charge in [-0.1, -0.05) is 30.9 Å². The van der Waals surface area contributed by atoms with Crippen molar-refractivity contribution in [3.05, 3.63) is 63.2 Å². The summed E-state index contributed by atoms with van der Waals surface area (Å²) in [6, 6.07) is 8.77. The molecule has 0 spiro atoms. The van der Waals surface area contributed by atoms with Gasteiger partial charge in [-0.2, -0.15) is 0 Å². The van der Waals surface area contributed by atoms with Crippen molar-refractivity contribution >= 4 is 52.3 Å². The van der Waals surface area contributed by atoms with E-state index in [0.717, 1.165) is 30.2 Å². The summed E-state index contributed by atoms with van der Waals surface area (Å²) >= 11 is 5.92. The van der Waals surface area contributed by atoms with E-state index in [0.29, 0.717) is 24.2 Å². The van der Waals surface area contributed by atoms with Crippen molar-refractivity contribution in [2.75, 3.05) is 10.2 Å². The van der Waals surface area contributed by atoms with Crippen LogP contribution in [0.5, 0.6) is 0 Å². The zero-order chi connectivity index (χ0) is 26.0. The number of nitro groups is 1. The van der Waals surface area contributed by atoms with Crippen LogP contribution in [0.4, 0.5) is 17.1 Å². The quantitative estimate of drug-likeness (QED) is 0.348. The summed E-state index contributed by atoms with van der Waals surface area (Å²) in [5, 5.41) is 13.9. The van der Waals surface area contributed by atoms with Crippen molar-refractivity contribution in [3.63, 3.8) is 0 Å². The number of amides is 4. The molecule has 188 valence electrons. The van der Waals surface area contributed by atoms with E-state index < -0.39 is 34.4 Å². The van der Waals surface area contributed by atoms with Gasteiger partial charge in [-0.15, -0.1) is 0 Å². The first kappa shape index (κ1) is 25.3. The number of nitrogens with one attached hydrogen (secondary N) is 1. The molecule has 1 saturated carbocycles. The lowest BCUT2D eigenvalue weighted by atomic mass is 9.92. The van der Waals surface area contributed by atoms with Crippen molar-refractivity contribution in [3.8, 4) is 0 Å². The van der Waals surface area contributed by atoms with E-state index in [-0.39, 0.29) is 29.0 Å². The van der Waals surface area contributed by atoms with Crippen molar-refractivity contribution in [2.24, 2.45) is 0 Å². The predicted molar refractivity (Wildman–Crippen MR) is 133 cm³/mol. The fraction of sp³-hybridized carbons (Fsp3) is 0.360. The number of rotatable bonds is 6. The Bertz CT molecular complexity index is 1230. The van der Waals surface area contributed by atoms with Gasteiger partial charge in [0.2, 0.25) is 11.8 Å². The van der Waals surface area contributed by atoms with Crippen LogP contribution in [0.2, 0.25) is 5.02 Å². The summed E-state index contributed by atoms with van der Waals surface area (Å²) in [7, 11) is 0. The van der Waals surface area contributed by atoms with E-state index in [1.165, 1.54) is 24.0 Å². The third-order valence-corrected chi connectivity index (χ3v) is 6.82. The van der Waals surface area contributed by atoms with Crippen LogP contribution in [-0.2, 0) is 14.4 Å². The Morgan fingerprint density at radius 2 is 1.75 bits per heavy atom. The molecule has 0 aromatic heterocycles. The lowest BCUT2D eigenvalue weighted by Gasteiger charge is -2.37. The normalized spacial score (nSPS) is 18.3. The zero-order valence-electron chi connectivity index (χ0n) is 19.6. The third-order valence-electron chi connectivity index (χ3n) is 6.50. The van der Waals surface area contributed by atoms with Gasteiger partial charge in [-0.05, 0) is 49.2 Å². The Labute approximate surface area is 212 Å². The molecule has 36 heavy (non-hydrogen) atoms. The number of nitrogens with zero attached hydrogens (tertiary/aromatic N) is 3. The predicted octanol–water partition coefficient (Wildman–Crippen LogP) is 4.31. The lowest BCUT2D eigenvalue weighted by molar-refractivity contribution is -0.384. The Hall–Kier alpha value is -3.79. The molecule has 1 aliphatic heterocycles. The maximum atomic E-state index is 13.7. The van der Waals surface area contributed by atoms with E-state index in [1.54, 1.807) is 24.3 Å². The Morgan fingerprint density at radius 3 is 2.36 bits per heavy atom. The largest absolute Gasteiger partial charge is 0.326 e.